The fraction of sp³-hybridized carbons (Fsp3) is 0.389. The average molecular weight is 353 g/mol. The molecule has 0 spiro atoms. The van der Waals surface area contributed by atoms with Crippen molar-refractivity contribution in [1.82, 2.24) is 4.90 Å². The molecule has 0 aliphatic carbocycles. The van der Waals surface area contributed by atoms with Crippen molar-refractivity contribution in [3.05, 3.63) is 57.3 Å². The first-order chi connectivity index (χ1) is 10.7. The number of nitrogens with two attached hydrogens (primary N) is 1. The summed E-state index contributed by atoms with van der Waals surface area (Å²) < 4.78 is 0. The number of carbonyl (C=O) groups is 1. The van der Waals surface area contributed by atoms with Crippen molar-refractivity contribution in [3.8, 4) is 0 Å². The Labute approximate surface area is 148 Å². The summed E-state index contributed by atoms with van der Waals surface area (Å²) in [6, 6.07) is 12.3. The molecule has 5 heteroatoms. The van der Waals surface area contributed by atoms with Gasteiger partial charge in [-0.05, 0) is 37.0 Å². The van der Waals surface area contributed by atoms with E-state index >= 15 is 0 Å². The van der Waals surface area contributed by atoms with Gasteiger partial charge in [-0.3, -0.25) is 4.79 Å². The fourth-order valence-electron chi connectivity index (χ4n) is 2.51. The molecule has 2 aromatic rings. The van der Waals surface area contributed by atoms with Crippen LogP contribution in [0.4, 0.5) is 0 Å². The first kappa shape index (κ1) is 19.7. The van der Waals surface area contributed by atoms with Crippen LogP contribution in [-0.4, -0.2) is 30.4 Å². The third-order valence-corrected chi connectivity index (χ3v) is 5.12. The molecule has 1 amide bonds. The Morgan fingerprint density at radius 1 is 1.22 bits per heavy atom. The zero-order valence-corrected chi connectivity index (χ0v) is 15.4. The molecular formula is C18H25ClN2OS. The lowest BCUT2D eigenvalue weighted by molar-refractivity contribution is 0.0767. The molecule has 2 N–H and O–H groups in total. The SMILES string of the molecule is CCc1sc(C(=O)N(CCN)CCc2ccccc2)cc1C.Cl. The number of rotatable bonds is 7. The lowest BCUT2D eigenvalue weighted by atomic mass is 10.1. The number of nitrogens with zero attached hydrogens (tertiary/aromatic N) is 1. The van der Waals surface area contributed by atoms with E-state index in [9.17, 15) is 4.79 Å². The molecule has 1 aromatic carbocycles. The van der Waals surface area contributed by atoms with Gasteiger partial charge in [0.25, 0.3) is 5.91 Å². The van der Waals surface area contributed by atoms with Crippen LogP contribution in [0.15, 0.2) is 36.4 Å². The van der Waals surface area contributed by atoms with Gasteiger partial charge in [0, 0.05) is 24.5 Å². The van der Waals surface area contributed by atoms with Gasteiger partial charge in [-0.1, -0.05) is 37.3 Å². The zero-order valence-electron chi connectivity index (χ0n) is 13.7. The van der Waals surface area contributed by atoms with E-state index in [0.717, 1.165) is 17.7 Å². The van der Waals surface area contributed by atoms with Gasteiger partial charge in [0.05, 0.1) is 4.88 Å². The highest BCUT2D eigenvalue weighted by molar-refractivity contribution is 7.14. The van der Waals surface area contributed by atoms with Crippen LogP contribution in [0.3, 0.4) is 0 Å². The second kappa shape index (κ2) is 9.71. The Kier molecular flexibility index (Phi) is 8.31. The summed E-state index contributed by atoms with van der Waals surface area (Å²) in [4.78, 5) is 16.7. The number of thiophene rings is 1. The van der Waals surface area contributed by atoms with Gasteiger partial charge >= 0.3 is 0 Å². The van der Waals surface area contributed by atoms with Crippen molar-refractivity contribution in [2.24, 2.45) is 5.73 Å². The number of hydrogen-bond donors (Lipinski definition) is 1. The summed E-state index contributed by atoms with van der Waals surface area (Å²) in [6.07, 6.45) is 1.84. The molecule has 1 heterocycles. The summed E-state index contributed by atoms with van der Waals surface area (Å²) in [5, 5.41) is 0. The number of carbonyl (C=O) groups excluding carboxylic acids is 1. The second-order valence-corrected chi connectivity index (χ2v) is 6.52. The van der Waals surface area contributed by atoms with E-state index in [2.05, 4.69) is 26.0 Å². The van der Waals surface area contributed by atoms with E-state index in [1.54, 1.807) is 11.3 Å². The van der Waals surface area contributed by atoms with Crippen molar-refractivity contribution < 1.29 is 4.79 Å². The van der Waals surface area contributed by atoms with Crippen LogP contribution in [0.1, 0.15) is 32.6 Å². The average Bonchev–Trinajstić information content (AvgIpc) is 2.92. The fourth-order valence-corrected chi connectivity index (χ4v) is 3.59. The maximum atomic E-state index is 12.7. The maximum absolute atomic E-state index is 12.7. The summed E-state index contributed by atoms with van der Waals surface area (Å²) in [6.45, 7) is 6.00. The molecular weight excluding hydrogens is 328 g/mol. The predicted octanol–water partition coefficient (Wildman–Crippen LogP) is 3.68. The van der Waals surface area contributed by atoms with Crippen molar-refractivity contribution in [1.29, 1.82) is 0 Å². The summed E-state index contributed by atoms with van der Waals surface area (Å²) in [7, 11) is 0. The van der Waals surface area contributed by atoms with E-state index in [1.807, 2.05) is 29.2 Å². The van der Waals surface area contributed by atoms with Gasteiger partial charge < -0.3 is 10.6 Å². The quantitative estimate of drug-likeness (QED) is 0.826. The largest absolute Gasteiger partial charge is 0.336 e. The molecule has 0 radical (unpaired) electrons. The number of amides is 1. The number of halogens is 1. The standard InChI is InChI=1S/C18H24N2OS.ClH/c1-3-16-14(2)13-17(22-16)18(21)20(12-10-19)11-9-15-7-5-4-6-8-15;/h4-8,13H,3,9-12,19H2,1-2H3;1H. The molecule has 0 atom stereocenters. The van der Waals surface area contributed by atoms with Crippen molar-refractivity contribution in [2.75, 3.05) is 19.6 Å². The van der Waals surface area contributed by atoms with Crippen LogP contribution in [0.2, 0.25) is 0 Å². The van der Waals surface area contributed by atoms with Crippen molar-refractivity contribution >= 4 is 29.7 Å². The smallest absolute Gasteiger partial charge is 0.263 e. The number of benzene rings is 1. The second-order valence-electron chi connectivity index (χ2n) is 5.39. The predicted molar refractivity (Wildman–Crippen MR) is 101 cm³/mol. The molecule has 126 valence electrons. The highest BCUT2D eigenvalue weighted by Crippen LogP contribution is 2.23. The minimum Gasteiger partial charge on any atom is -0.336 e. The van der Waals surface area contributed by atoms with E-state index < -0.39 is 0 Å². The molecule has 1 aromatic heterocycles. The normalized spacial score (nSPS) is 10.2. The molecule has 0 aliphatic rings. The lowest BCUT2D eigenvalue weighted by Crippen LogP contribution is -2.36. The summed E-state index contributed by atoms with van der Waals surface area (Å²) in [5.74, 6) is 0.106. The lowest BCUT2D eigenvalue weighted by Gasteiger charge is -2.21. The molecule has 0 saturated carbocycles. The first-order valence-electron chi connectivity index (χ1n) is 7.78. The maximum Gasteiger partial charge on any atom is 0.263 e. The van der Waals surface area contributed by atoms with Crippen LogP contribution < -0.4 is 5.73 Å². The van der Waals surface area contributed by atoms with Crippen LogP contribution in [0.25, 0.3) is 0 Å². The summed E-state index contributed by atoms with van der Waals surface area (Å²) in [5.41, 5.74) is 8.14. The molecule has 23 heavy (non-hydrogen) atoms. The summed E-state index contributed by atoms with van der Waals surface area (Å²) >= 11 is 1.61. The minimum atomic E-state index is 0. The molecule has 0 fully saturated rings. The number of hydrogen-bond acceptors (Lipinski definition) is 3. The van der Waals surface area contributed by atoms with Gasteiger partial charge in [-0.25, -0.2) is 0 Å². The zero-order chi connectivity index (χ0) is 15.9. The van der Waals surface area contributed by atoms with Crippen LogP contribution in [-0.2, 0) is 12.8 Å². The van der Waals surface area contributed by atoms with Crippen molar-refractivity contribution in [3.63, 3.8) is 0 Å². The molecule has 0 aliphatic heterocycles. The van der Waals surface area contributed by atoms with Gasteiger partial charge in [0.2, 0.25) is 0 Å². The molecule has 2 rings (SSSR count). The molecule has 3 nitrogen and oxygen atoms in total. The third kappa shape index (κ3) is 5.34. The highest BCUT2D eigenvalue weighted by atomic mass is 35.5. The van der Waals surface area contributed by atoms with E-state index in [1.165, 1.54) is 16.0 Å². The molecule has 0 bridgehead atoms. The van der Waals surface area contributed by atoms with E-state index in [4.69, 9.17) is 5.73 Å². The van der Waals surface area contributed by atoms with Gasteiger partial charge in [-0.2, -0.15) is 0 Å². The van der Waals surface area contributed by atoms with Crippen molar-refractivity contribution in [2.45, 2.75) is 26.7 Å². The minimum absolute atomic E-state index is 0. The number of aryl methyl sites for hydroxylation is 2. The highest BCUT2D eigenvalue weighted by Gasteiger charge is 2.18. The molecule has 0 saturated heterocycles. The monoisotopic (exact) mass is 352 g/mol. The first-order valence-corrected chi connectivity index (χ1v) is 8.60. The Bertz CT molecular complexity index is 613. The molecule has 0 unspecified atom stereocenters. The van der Waals surface area contributed by atoms with Crippen LogP contribution >= 0.6 is 23.7 Å². The topological polar surface area (TPSA) is 46.3 Å². The van der Waals surface area contributed by atoms with Crippen LogP contribution in [0.5, 0.6) is 0 Å². The Morgan fingerprint density at radius 2 is 1.91 bits per heavy atom. The van der Waals surface area contributed by atoms with E-state index in [0.29, 0.717) is 19.6 Å². The Balaban J connectivity index is 0.00000264. The van der Waals surface area contributed by atoms with Crippen LogP contribution in [0, 0.1) is 6.92 Å². The van der Waals surface area contributed by atoms with E-state index in [-0.39, 0.29) is 18.3 Å². The van der Waals surface area contributed by atoms with Gasteiger partial charge in [0.1, 0.15) is 0 Å². The Hall–Kier alpha value is -1.36. The van der Waals surface area contributed by atoms with Gasteiger partial charge in [0.15, 0.2) is 0 Å². The Morgan fingerprint density at radius 3 is 2.48 bits per heavy atom. The third-order valence-electron chi connectivity index (χ3n) is 3.75. The van der Waals surface area contributed by atoms with Gasteiger partial charge in [-0.15, -0.1) is 23.7 Å².